The standard InChI is InChI=1S/C14H21NO2S/c1-10(9-16)15-14(17)13-8-11-6-4-2-3-5-7-12(11)18-13/h8,10,16H,2-7,9H2,1H3,(H,15,17)/t10-/m0/s1. The van der Waals surface area contributed by atoms with Gasteiger partial charge in [0, 0.05) is 10.9 Å². The summed E-state index contributed by atoms with van der Waals surface area (Å²) in [4.78, 5) is 14.2. The normalized spacial score (nSPS) is 17.4. The number of nitrogens with one attached hydrogen (secondary N) is 1. The van der Waals surface area contributed by atoms with Crippen molar-refractivity contribution in [3.8, 4) is 0 Å². The average molecular weight is 267 g/mol. The van der Waals surface area contributed by atoms with E-state index < -0.39 is 0 Å². The lowest BCUT2D eigenvalue weighted by Gasteiger charge is -2.08. The van der Waals surface area contributed by atoms with Gasteiger partial charge in [-0.2, -0.15) is 0 Å². The number of thiophene rings is 1. The van der Waals surface area contributed by atoms with Gasteiger partial charge in [-0.25, -0.2) is 0 Å². The van der Waals surface area contributed by atoms with Crippen LogP contribution in [0.3, 0.4) is 0 Å². The third-order valence-electron chi connectivity index (χ3n) is 3.37. The number of aliphatic hydroxyl groups is 1. The van der Waals surface area contributed by atoms with Crippen LogP contribution < -0.4 is 5.32 Å². The topological polar surface area (TPSA) is 49.3 Å². The Hall–Kier alpha value is -0.870. The first-order valence-electron chi connectivity index (χ1n) is 6.74. The van der Waals surface area contributed by atoms with Crippen molar-refractivity contribution in [2.45, 2.75) is 51.5 Å². The summed E-state index contributed by atoms with van der Waals surface area (Å²) in [5.74, 6) is -0.0479. The Bertz CT molecular complexity index is 388. The summed E-state index contributed by atoms with van der Waals surface area (Å²) in [7, 11) is 0. The maximum atomic E-state index is 12.0. The van der Waals surface area contributed by atoms with Gasteiger partial charge in [0.25, 0.3) is 5.91 Å². The lowest BCUT2D eigenvalue weighted by Crippen LogP contribution is -2.34. The molecule has 0 radical (unpaired) electrons. The molecule has 1 aromatic heterocycles. The highest BCUT2D eigenvalue weighted by Gasteiger charge is 2.16. The first kappa shape index (κ1) is 13.6. The highest BCUT2D eigenvalue weighted by molar-refractivity contribution is 7.14. The molecule has 2 N–H and O–H groups in total. The Morgan fingerprint density at radius 3 is 2.83 bits per heavy atom. The molecule has 4 heteroatoms. The number of hydrogen-bond donors (Lipinski definition) is 2. The van der Waals surface area contributed by atoms with Crippen molar-refractivity contribution in [1.82, 2.24) is 5.32 Å². The zero-order valence-corrected chi connectivity index (χ0v) is 11.7. The molecular formula is C14H21NO2S. The van der Waals surface area contributed by atoms with Crippen molar-refractivity contribution in [3.63, 3.8) is 0 Å². The van der Waals surface area contributed by atoms with E-state index in [2.05, 4.69) is 5.32 Å². The van der Waals surface area contributed by atoms with Gasteiger partial charge in [-0.05, 0) is 44.2 Å². The smallest absolute Gasteiger partial charge is 0.261 e. The predicted octanol–water partition coefficient (Wildman–Crippen LogP) is 2.52. The van der Waals surface area contributed by atoms with Crippen molar-refractivity contribution < 1.29 is 9.90 Å². The van der Waals surface area contributed by atoms with Gasteiger partial charge >= 0.3 is 0 Å². The van der Waals surface area contributed by atoms with E-state index in [1.165, 1.54) is 36.1 Å². The van der Waals surface area contributed by atoms with Crippen LogP contribution >= 0.6 is 11.3 Å². The molecule has 0 saturated heterocycles. The summed E-state index contributed by atoms with van der Waals surface area (Å²) in [6.45, 7) is 1.79. The molecule has 0 unspecified atom stereocenters. The first-order chi connectivity index (χ1) is 8.70. The molecule has 18 heavy (non-hydrogen) atoms. The minimum absolute atomic E-state index is 0.0170. The third-order valence-corrected chi connectivity index (χ3v) is 4.61. The fourth-order valence-electron chi connectivity index (χ4n) is 2.30. The second-order valence-corrected chi connectivity index (χ2v) is 6.17. The number of aryl methyl sites for hydroxylation is 2. The van der Waals surface area contributed by atoms with Crippen molar-refractivity contribution in [1.29, 1.82) is 0 Å². The van der Waals surface area contributed by atoms with Crippen LogP contribution in [-0.4, -0.2) is 23.7 Å². The van der Waals surface area contributed by atoms with Gasteiger partial charge in [0.1, 0.15) is 0 Å². The molecule has 1 aliphatic carbocycles. The Morgan fingerprint density at radius 1 is 1.39 bits per heavy atom. The molecule has 3 nitrogen and oxygen atoms in total. The molecule has 0 aromatic carbocycles. The summed E-state index contributed by atoms with van der Waals surface area (Å²) < 4.78 is 0. The van der Waals surface area contributed by atoms with E-state index in [0.717, 1.165) is 17.7 Å². The monoisotopic (exact) mass is 267 g/mol. The van der Waals surface area contributed by atoms with Gasteiger partial charge in [0.05, 0.1) is 11.5 Å². The van der Waals surface area contributed by atoms with Crippen molar-refractivity contribution >= 4 is 17.2 Å². The van der Waals surface area contributed by atoms with Crippen molar-refractivity contribution in [3.05, 3.63) is 21.4 Å². The van der Waals surface area contributed by atoms with E-state index in [1.807, 2.05) is 13.0 Å². The van der Waals surface area contributed by atoms with E-state index in [0.29, 0.717) is 0 Å². The van der Waals surface area contributed by atoms with Gasteiger partial charge < -0.3 is 10.4 Å². The van der Waals surface area contributed by atoms with Crippen molar-refractivity contribution in [2.75, 3.05) is 6.61 Å². The predicted molar refractivity (Wildman–Crippen MR) is 74.2 cm³/mol. The lowest BCUT2D eigenvalue weighted by atomic mass is 10.00. The molecular weight excluding hydrogens is 246 g/mol. The zero-order valence-electron chi connectivity index (χ0n) is 10.9. The maximum absolute atomic E-state index is 12.0. The lowest BCUT2D eigenvalue weighted by molar-refractivity contribution is 0.0926. The first-order valence-corrected chi connectivity index (χ1v) is 7.55. The number of amides is 1. The quantitative estimate of drug-likeness (QED) is 0.884. The fraction of sp³-hybridized carbons (Fsp3) is 0.643. The summed E-state index contributed by atoms with van der Waals surface area (Å²) in [5, 5.41) is 11.8. The van der Waals surface area contributed by atoms with Crippen LogP contribution in [0.1, 0.15) is 52.7 Å². The molecule has 0 spiro atoms. The van der Waals surface area contributed by atoms with Gasteiger partial charge in [-0.15, -0.1) is 11.3 Å². The Labute approximate surface area is 112 Å². The van der Waals surface area contributed by atoms with Crippen LogP contribution in [-0.2, 0) is 12.8 Å². The number of carbonyl (C=O) groups is 1. The summed E-state index contributed by atoms with van der Waals surface area (Å²) in [5.41, 5.74) is 1.36. The highest BCUT2D eigenvalue weighted by Crippen LogP contribution is 2.28. The van der Waals surface area contributed by atoms with E-state index in [4.69, 9.17) is 5.11 Å². The number of fused-ring (bicyclic) bond motifs is 1. The largest absolute Gasteiger partial charge is 0.394 e. The average Bonchev–Trinajstić information content (AvgIpc) is 2.71. The minimum Gasteiger partial charge on any atom is -0.394 e. The van der Waals surface area contributed by atoms with Crippen LogP contribution in [0.5, 0.6) is 0 Å². The molecule has 100 valence electrons. The molecule has 0 aliphatic heterocycles. The van der Waals surface area contributed by atoms with E-state index in [-0.39, 0.29) is 18.6 Å². The fourth-order valence-corrected chi connectivity index (χ4v) is 3.45. The molecule has 1 aliphatic rings. The Kier molecular flexibility index (Phi) is 4.78. The van der Waals surface area contributed by atoms with Crippen LogP contribution in [0.2, 0.25) is 0 Å². The molecule has 1 aromatic rings. The molecule has 1 amide bonds. The summed E-state index contributed by atoms with van der Waals surface area (Å²) in [6.07, 6.45) is 7.30. The molecule has 1 heterocycles. The van der Waals surface area contributed by atoms with Crippen LogP contribution in [0.25, 0.3) is 0 Å². The van der Waals surface area contributed by atoms with Gasteiger partial charge in [0.2, 0.25) is 0 Å². The summed E-state index contributed by atoms with van der Waals surface area (Å²) in [6, 6.07) is 1.87. The van der Waals surface area contributed by atoms with E-state index in [1.54, 1.807) is 11.3 Å². The SMILES string of the molecule is C[C@@H](CO)NC(=O)c1cc2c(s1)CCCCCC2. The number of carbonyl (C=O) groups excluding carboxylic acids is 1. The highest BCUT2D eigenvalue weighted by atomic mass is 32.1. The van der Waals surface area contributed by atoms with Gasteiger partial charge in [-0.3, -0.25) is 4.79 Å². The molecule has 0 saturated carbocycles. The molecule has 2 rings (SSSR count). The maximum Gasteiger partial charge on any atom is 0.261 e. The second-order valence-electron chi connectivity index (χ2n) is 5.03. The number of hydrogen-bond acceptors (Lipinski definition) is 3. The number of rotatable bonds is 3. The summed E-state index contributed by atoms with van der Waals surface area (Å²) >= 11 is 1.62. The van der Waals surface area contributed by atoms with Crippen LogP contribution in [0.15, 0.2) is 6.07 Å². The van der Waals surface area contributed by atoms with E-state index in [9.17, 15) is 4.79 Å². The minimum atomic E-state index is -0.179. The molecule has 1 atom stereocenters. The van der Waals surface area contributed by atoms with Crippen molar-refractivity contribution in [2.24, 2.45) is 0 Å². The zero-order chi connectivity index (χ0) is 13.0. The Morgan fingerprint density at radius 2 is 2.11 bits per heavy atom. The molecule has 0 fully saturated rings. The van der Waals surface area contributed by atoms with Crippen LogP contribution in [0, 0.1) is 0 Å². The molecule has 0 bridgehead atoms. The van der Waals surface area contributed by atoms with Crippen LogP contribution in [0.4, 0.5) is 0 Å². The third kappa shape index (κ3) is 3.33. The van der Waals surface area contributed by atoms with E-state index >= 15 is 0 Å². The number of aliphatic hydroxyl groups excluding tert-OH is 1. The Balaban J connectivity index is 2.09. The van der Waals surface area contributed by atoms with Gasteiger partial charge in [0.15, 0.2) is 0 Å². The van der Waals surface area contributed by atoms with Gasteiger partial charge in [-0.1, -0.05) is 12.8 Å². The second kappa shape index (κ2) is 6.34.